The molecule has 0 unspecified atom stereocenters. The minimum absolute atomic E-state index is 0.0467. The Balaban J connectivity index is 1.67. The molecule has 1 aliphatic rings. The molecule has 1 amide bonds. The molecule has 3 rings (SSSR count). The minimum Gasteiger partial charge on any atom is -0.462 e. The summed E-state index contributed by atoms with van der Waals surface area (Å²) in [4.78, 5) is 49.7. The topological polar surface area (TPSA) is 128 Å². The van der Waals surface area contributed by atoms with E-state index in [1.165, 1.54) is 18.2 Å². The van der Waals surface area contributed by atoms with Crippen LogP contribution in [0.25, 0.3) is 0 Å². The van der Waals surface area contributed by atoms with Crippen molar-refractivity contribution in [2.24, 2.45) is 0 Å². The maximum atomic E-state index is 12.7. The van der Waals surface area contributed by atoms with Gasteiger partial charge in [0.25, 0.3) is 11.6 Å². The van der Waals surface area contributed by atoms with E-state index in [1.54, 1.807) is 19.9 Å². The Hall–Kier alpha value is -3.47. The molecule has 32 heavy (non-hydrogen) atoms. The standard InChI is InChI=1S/C21H23N3O7S/c1-3-30-21(27)19-13(2)10-18(32-19)22-17(25)12-31-20(26)15-11-14(24(28)29)6-7-16(15)23-8-4-5-9-23/h6-7,10-11H,3-5,8-9,12H2,1-2H3,(H,22,25). The average Bonchev–Trinajstić information content (AvgIpc) is 3.41. The number of esters is 2. The molecular formula is C21H23N3O7S. The molecule has 1 aliphatic heterocycles. The molecule has 2 aromatic rings. The number of hydrogen-bond acceptors (Lipinski definition) is 9. The minimum atomic E-state index is -0.819. The van der Waals surface area contributed by atoms with Gasteiger partial charge in [-0.3, -0.25) is 14.9 Å². The first-order valence-electron chi connectivity index (χ1n) is 10.1. The number of rotatable bonds is 8. The Morgan fingerprint density at radius 1 is 1.16 bits per heavy atom. The predicted octanol–water partition coefficient (Wildman–Crippen LogP) is 3.54. The number of hydrogen-bond donors (Lipinski definition) is 1. The summed E-state index contributed by atoms with van der Waals surface area (Å²) in [6.45, 7) is 4.56. The summed E-state index contributed by atoms with van der Waals surface area (Å²) in [5.41, 5.74) is 1.02. The van der Waals surface area contributed by atoms with E-state index in [4.69, 9.17) is 9.47 Å². The van der Waals surface area contributed by atoms with Crippen LogP contribution in [0, 0.1) is 17.0 Å². The number of anilines is 2. The van der Waals surface area contributed by atoms with Crippen molar-refractivity contribution in [3.63, 3.8) is 0 Å². The number of non-ortho nitro benzene ring substituents is 1. The molecule has 0 saturated carbocycles. The molecule has 1 fully saturated rings. The number of ether oxygens (including phenoxy) is 2. The zero-order chi connectivity index (χ0) is 23.3. The maximum Gasteiger partial charge on any atom is 0.348 e. The predicted molar refractivity (Wildman–Crippen MR) is 118 cm³/mol. The van der Waals surface area contributed by atoms with Gasteiger partial charge in [0.15, 0.2) is 6.61 Å². The summed E-state index contributed by atoms with van der Waals surface area (Å²) in [5, 5.41) is 14.1. The van der Waals surface area contributed by atoms with E-state index in [0.717, 1.165) is 37.3 Å². The van der Waals surface area contributed by atoms with Crippen molar-refractivity contribution >= 4 is 45.6 Å². The average molecular weight is 461 g/mol. The van der Waals surface area contributed by atoms with Crippen LogP contribution in [0.15, 0.2) is 24.3 Å². The van der Waals surface area contributed by atoms with Crippen molar-refractivity contribution in [3.8, 4) is 0 Å². The Kier molecular flexibility index (Phi) is 7.41. The number of aryl methyl sites for hydroxylation is 1. The lowest BCUT2D eigenvalue weighted by atomic mass is 10.1. The molecule has 1 N–H and O–H groups in total. The van der Waals surface area contributed by atoms with E-state index in [1.807, 2.05) is 4.90 Å². The van der Waals surface area contributed by atoms with Gasteiger partial charge in [0.05, 0.1) is 27.8 Å². The normalized spacial score (nSPS) is 13.0. The van der Waals surface area contributed by atoms with Gasteiger partial charge in [-0.15, -0.1) is 11.3 Å². The number of nitro groups is 1. The number of thiophene rings is 1. The van der Waals surface area contributed by atoms with Crippen LogP contribution in [0.5, 0.6) is 0 Å². The number of amides is 1. The van der Waals surface area contributed by atoms with Crippen LogP contribution < -0.4 is 10.2 Å². The molecule has 1 aromatic heterocycles. The third-order valence-corrected chi connectivity index (χ3v) is 5.97. The van der Waals surface area contributed by atoms with Gasteiger partial charge in [-0.1, -0.05) is 0 Å². The molecule has 0 aliphatic carbocycles. The first-order chi connectivity index (χ1) is 15.3. The maximum absolute atomic E-state index is 12.7. The Morgan fingerprint density at radius 2 is 1.88 bits per heavy atom. The lowest BCUT2D eigenvalue weighted by Gasteiger charge is -2.20. The van der Waals surface area contributed by atoms with Gasteiger partial charge >= 0.3 is 11.9 Å². The van der Waals surface area contributed by atoms with Crippen LogP contribution in [-0.2, 0) is 14.3 Å². The van der Waals surface area contributed by atoms with Crippen LogP contribution in [-0.4, -0.2) is 49.1 Å². The summed E-state index contributed by atoms with van der Waals surface area (Å²) in [6.07, 6.45) is 1.92. The number of benzene rings is 1. The van der Waals surface area contributed by atoms with Crippen LogP contribution >= 0.6 is 11.3 Å². The summed E-state index contributed by atoms with van der Waals surface area (Å²) in [5.74, 6) is -1.88. The third kappa shape index (κ3) is 5.41. The van der Waals surface area contributed by atoms with Gasteiger partial charge in [-0.2, -0.15) is 0 Å². The quantitative estimate of drug-likeness (QED) is 0.359. The van der Waals surface area contributed by atoms with E-state index >= 15 is 0 Å². The zero-order valence-electron chi connectivity index (χ0n) is 17.7. The number of nitrogens with zero attached hydrogens (tertiary/aromatic N) is 2. The second kappa shape index (κ2) is 10.2. The van der Waals surface area contributed by atoms with Crippen LogP contribution in [0.2, 0.25) is 0 Å². The van der Waals surface area contributed by atoms with Gasteiger partial charge in [0, 0.05) is 25.2 Å². The Bertz CT molecular complexity index is 1040. The second-order valence-electron chi connectivity index (χ2n) is 7.12. The highest BCUT2D eigenvalue weighted by Crippen LogP contribution is 2.29. The molecule has 1 aromatic carbocycles. The highest BCUT2D eigenvalue weighted by molar-refractivity contribution is 7.18. The molecule has 1 saturated heterocycles. The highest BCUT2D eigenvalue weighted by atomic mass is 32.1. The monoisotopic (exact) mass is 461 g/mol. The SMILES string of the molecule is CCOC(=O)c1sc(NC(=O)COC(=O)c2cc([N+](=O)[O-])ccc2N2CCCC2)cc1C. The Morgan fingerprint density at radius 3 is 2.53 bits per heavy atom. The summed E-state index contributed by atoms with van der Waals surface area (Å²) < 4.78 is 10.1. The second-order valence-corrected chi connectivity index (χ2v) is 8.17. The lowest BCUT2D eigenvalue weighted by Crippen LogP contribution is -2.24. The molecular weight excluding hydrogens is 438 g/mol. The number of nitrogens with one attached hydrogen (secondary N) is 1. The molecule has 0 spiro atoms. The van der Waals surface area contributed by atoms with Crippen molar-refractivity contribution in [2.75, 3.05) is 36.5 Å². The number of nitro benzene ring substituents is 1. The van der Waals surface area contributed by atoms with Gasteiger partial charge in [-0.25, -0.2) is 9.59 Å². The highest BCUT2D eigenvalue weighted by Gasteiger charge is 2.24. The summed E-state index contributed by atoms with van der Waals surface area (Å²) in [6, 6.07) is 5.67. The smallest absolute Gasteiger partial charge is 0.348 e. The summed E-state index contributed by atoms with van der Waals surface area (Å²) >= 11 is 1.06. The van der Waals surface area contributed by atoms with Crippen molar-refractivity contribution < 1.29 is 28.8 Å². The van der Waals surface area contributed by atoms with Crippen molar-refractivity contribution in [3.05, 3.63) is 50.4 Å². The van der Waals surface area contributed by atoms with E-state index in [2.05, 4.69) is 5.32 Å². The van der Waals surface area contributed by atoms with E-state index in [9.17, 15) is 24.5 Å². The summed E-state index contributed by atoms with van der Waals surface area (Å²) in [7, 11) is 0. The fourth-order valence-electron chi connectivity index (χ4n) is 3.36. The van der Waals surface area contributed by atoms with Gasteiger partial charge in [-0.05, 0) is 44.4 Å². The Labute approximate surface area is 188 Å². The zero-order valence-corrected chi connectivity index (χ0v) is 18.5. The third-order valence-electron chi connectivity index (χ3n) is 4.83. The van der Waals surface area contributed by atoms with Crippen molar-refractivity contribution in [1.29, 1.82) is 0 Å². The molecule has 0 radical (unpaired) electrons. The van der Waals surface area contributed by atoms with E-state index < -0.39 is 29.4 Å². The number of carbonyl (C=O) groups excluding carboxylic acids is 3. The van der Waals surface area contributed by atoms with Crippen molar-refractivity contribution in [2.45, 2.75) is 26.7 Å². The fourth-order valence-corrected chi connectivity index (χ4v) is 4.34. The molecule has 2 heterocycles. The molecule has 0 bridgehead atoms. The fraction of sp³-hybridized carbons (Fsp3) is 0.381. The molecule has 170 valence electrons. The van der Waals surface area contributed by atoms with Crippen LogP contribution in [0.4, 0.5) is 16.4 Å². The van der Waals surface area contributed by atoms with E-state index in [0.29, 0.717) is 21.1 Å². The molecule has 11 heteroatoms. The lowest BCUT2D eigenvalue weighted by molar-refractivity contribution is -0.384. The molecule has 10 nitrogen and oxygen atoms in total. The van der Waals surface area contributed by atoms with Gasteiger partial charge in [0.2, 0.25) is 0 Å². The molecule has 0 atom stereocenters. The van der Waals surface area contributed by atoms with Crippen LogP contribution in [0.1, 0.15) is 45.4 Å². The van der Waals surface area contributed by atoms with Gasteiger partial charge < -0.3 is 19.7 Å². The largest absolute Gasteiger partial charge is 0.462 e. The van der Waals surface area contributed by atoms with Crippen molar-refractivity contribution in [1.82, 2.24) is 0 Å². The van der Waals surface area contributed by atoms with Gasteiger partial charge in [0.1, 0.15) is 4.88 Å². The van der Waals surface area contributed by atoms with E-state index in [-0.39, 0.29) is 17.9 Å². The first kappa shape index (κ1) is 23.2. The number of carbonyl (C=O) groups is 3. The van der Waals surface area contributed by atoms with Crippen LogP contribution in [0.3, 0.4) is 0 Å². The first-order valence-corrected chi connectivity index (χ1v) is 10.9.